The summed E-state index contributed by atoms with van der Waals surface area (Å²) in [4.78, 5) is 9.58. The highest BCUT2D eigenvalue weighted by molar-refractivity contribution is 6.16. The first-order valence-electron chi connectivity index (χ1n) is 14.6. The number of furan rings is 1. The average Bonchev–Trinajstić information content (AvgIpc) is 3.72. The zero-order chi connectivity index (χ0) is 29.4. The highest BCUT2D eigenvalue weighted by Crippen LogP contribution is 2.38. The number of pyridine rings is 1. The molecule has 4 aromatic heterocycles. The van der Waals surface area contributed by atoms with Gasteiger partial charge in [0, 0.05) is 52.1 Å². The Bertz CT molecular complexity index is 2550. The first-order chi connectivity index (χ1) is 21.6. The number of hydrogen-bond donors (Lipinski definition) is 0. The molecule has 210 valence electrons. The summed E-state index contributed by atoms with van der Waals surface area (Å²) in [5.74, 6) is 0.808. The maximum absolute atomic E-state index is 16.4. The lowest BCUT2D eigenvalue weighted by Crippen LogP contribution is -2.00. The number of fused-ring (bicyclic) bond motifs is 7. The normalized spacial score (nSPS) is 12.7. The zero-order valence-corrected chi connectivity index (χ0v) is 23.8. The van der Waals surface area contributed by atoms with E-state index in [1.807, 2.05) is 104 Å². The van der Waals surface area contributed by atoms with Gasteiger partial charge in [-0.3, -0.25) is 4.57 Å². The fraction of sp³-hybridized carbons (Fsp3) is 0.0526. The lowest BCUT2D eigenvalue weighted by molar-refractivity contribution is 0.402. The monoisotopic (exact) mass is 572 g/mol. The summed E-state index contributed by atoms with van der Waals surface area (Å²) in [5, 5.41) is 4.25. The Labute approximate surface area is 251 Å². The molecule has 0 aliphatic rings. The van der Waals surface area contributed by atoms with Crippen molar-refractivity contribution in [1.29, 1.82) is 0 Å². The molecule has 0 spiro atoms. The predicted molar refractivity (Wildman–Crippen MR) is 175 cm³/mol. The number of para-hydroxylation sites is 3. The summed E-state index contributed by atoms with van der Waals surface area (Å²) in [7, 11) is 1.99. The summed E-state index contributed by atoms with van der Waals surface area (Å²) in [6.07, 6.45) is 0.471. The number of halogens is 1. The van der Waals surface area contributed by atoms with E-state index in [1.165, 1.54) is 0 Å². The van der Waals surface area contributed by atoms with Gasteiger partial charge in [0.15, 0.2) is 6.17 Å². The van der Waals surface area contributed by atoms with Crippen LogP contribution in [0.5, 0.6) is 0 Å². The molecular formula is C38H25FN4O. The minimum absolute atomic E-state index is 0.570. The molecule has 1 unspecified atom stereocenters. The molecule has 0 N–H and O–H groups in total. The van der Waals surface area contributed by atoms with Gasteiger partial charge in [0.1, 0.15) is 22.6 Å². The van der Waals surface area contributed by atoms with Gasteiger partial charge in [-0.05, 0) is 65.7 Å². The molecule has 5 nitrogen and oxygen atoms in total. The second-order valence-electron chi connectivity index (χ2n) is 11.2. The minimum atomic E-state index is -1.33. The minimum Gasteiger partial charge on any atom is -0.456 e. The molecule has 0 radical (unpaired) electrons. The molecule has 5 aromatic carbocycles. The fourth-order valence-electron chi connectivity index (χ4n) is 6.58. The quantitative estimate of drug-likeness (QED) is 0.211. The molecule has 6 heteroatoms. The summed E-state index contributed by atoms with van der Waals surface area (Å²) in [6.45, 7) is 0. The van der Waals surface area contributed by atoms with E-state index >= 15 is 4.39 Å². The first-order valence-corrected chi connectivity index (χ1v) is 14.6. The third kappa shape index (κ3) is 3.64. The van der Waals surface area contributed by atoms with Crippen LogP contribution >= 0.6 is 0 Å². The standard InChI is InChI=1S/C38H25FN4O/c1-42-32-16-4-3-15-31(32)41-37(42)25-11-6-9-23(19-25)36(39)24-10-7-12-26(20-24)43-33-22-35-30(27-13-2-5-17-34(27)44-35)21-29(33)28-14-8-18-40-38(28)43/h2-22,36H,1H3. The van der Waals surface area contributed by atoms with Crippen molar-refractivity contribution < 1.29 is 8.81 Å². The summed E-state index contributed by atoms with van der Waals surface area (Å²) in [5.41, 5.74) is 8.26. The van der Waals surface area contributed by atoms with Crippen LogP contribution in [0.4, 0.5) is 4.39 Å². The van der Waals surface area contributed by atoms with Crippen LogP contribution in [0.2, 0.25) is 0 Å². The van der Waals surface area contributed by atoms with Gasteiger partial charge < -0.3 is 8.98 Å². The van der Waals surface area contributed by atoms with Crippen molar-refractivity contribution in [2.45, 2.75) is 6.17 Å². The summed E-state index contributed by atoms with van der Waals surface area (Å²) in [6, 6.07) is 39.7. The Morgan fingerprint density at radius 1 is 0.659 bits per heavy atom. The Morgan fingerprint density at radius 2 is 1.45 bits per heavy atom. The Hall–Kier alpha value is -5.75. The van der Waals surface area contributed by atoms with E-state index in [1.54, 1.807) is 6.20 Å². The van der Waals surface area contributed by atoms with E-state index in [0.29, 0.717) is 11.1 Å². The molecule has 9 rings (SSSR count). The van der Waals surface area contributed by atoms with Crippen molar-refractivity contribution in [3.63, 3.8) is 0 Å². The number of alkyl halides is 1. The molecular weight excluding hydrogens is 547 g/mol. The van der Waals surface area contributed by atoms with Gasteiger partial charge in [-0.1, -0.05) is 60.7 Å². The molecule has 0 fully saturated rings. The maximum Gasteiger partial charge on any atom is 0.150 e. The van der Waals surface area contributed by atoms with Crippen LogP contribution in [0.15, 0.2) is 132 Å². The molecule has 0 saturated carbocycles. The molecule has 44 heavy (non-hydrogen) atoms. The number of rotatable bonds is 4. The largest absolute Gasteiger partial charge is 0.456 e. The molecule has 0 amide bonds. The zero-order valence-electron chi connectivity index (χ0n) is 23.8. The van der Waals surface area contributed by atoms with E-state index in [4.69, 9.17) is 14.4 Å². The molecule has 9 aromatic rings. The van der Waals surface area contributed by atoms with Gasteiger partial charge in [-0.25, -0.2) is 14.4 Å². The van der Waals surface area contributed by atoms with Crippen molar-refractivity contribution in [2.75, 3.05) is 0 Å². The summed E-state index contributed by atoms with van der Waals surface area (Å²) < 4.78 is 26.8. The van der Waals surface area contributed by atoms with Crippen molar-refractivity contribution in [2.24, 2.45) is 7.05 Å². The molecule has 0 bridgehead atoms. The van der Waals surface area contributed by atoms with Crippen molar-refractivity contribution in [1.82, 2.24) is 19.1 Å². The fourth-order valence-corrected chi connectivity index (χ4v) is 6.58. The molecule has 0 aliphatic heterocycles. The van der Waals surface area contributed by atoms with Crippen LogP contribution in [-0.2, 0) is 7.05 Å². The predicted octanol–water partition coefficient (Wildman–Crippen LogP) is 9.69. The topological polar surface area (TPSA) is 48.8 Å². The Morgan fingerprint density at radius 3 is 2.36 bits per heavy atom. The molecule has 4 heterocycles. The van der Waals surface area contributed by atoms with Crippen LogP contribution in [0.25, 0.3) is 72.0 Å². The van der Waals surface area contributed by atoms with Crippen molar-refractivity contribution >= 4 is 54.9 Å². The van der Waals surface area contributed by atoms with Gasteiger partial charge in [-0.2, -0.15) is 0 Å². The van der Waals surface area contributed by atoms with Crippen molar-refractivity contribution in [3.05, 3.63) is 139 Å². The average molecular weight is 573 g/mol. The van der Waals surface area contributed by atoms with E-state index < -0.39 is 6.17 Å². The van der Waals surface area contributed by atoms with Gasteiger partial charge in [0.05, 0.1) is 16.6 Å². The lowest BCUT2D eigenvalue weighted by Gasteiger charge is -2.14. The lowest BCUT2D eigenvalue weighted by atomic mass is 10.00. The molecule has 1 atom stereocenters. The SMILES string of the molecule is Cn1c(-c2cccc(C(F)c3cccc(-n4c5cc6oc7ccccc7c6cc5c5cccnc54)c3)c2)nc2ccccc21. The second-order valence-corrected chi connectivity index (χ2v) is 11.2. The number of hydrogen-bond acceptors (Lipinski definition) is 3. The number of aromatic nitrogens is 4. The molecule has 0 aliphatic carbocycles. The third-order valence-electron chi connectivity index (χ3n) is 8.67. The highest BCUT2D eigenvalue weighted by Gasteiger charge is 2.20. The van der Waals surface area contributed by atoms with E-state index in [0.717, 1.165) is 72.0 Å². The number of nitrogens with zero attached hydrogens (tertiary/aromatic N) is 4. The van der Waals surface area contributed by atoms with Gasteiger partial charge in [0.25, 0.3) is 0 Å². The number of aryl methyl sites for hydroxylation is 1. The summed E-state index contributed by atoms with van der Waals surface area (Å²) >= 11 is 0. The Kier molecular flexibility index (Phi) is 5.29. The van der Waals surface area contributed by atoms with E-state index in [2.05, 4.69) is 33.4 Å². The first kappa shape index (κ1) is 24.8. The van der Waals surface area contributed by atoms with Gasteiger partial charge >= 0.3 is 0 Å². The number of benzene rings is 5. The van der Waals surface area contributed by atoms with Crippen LogP contribution in [0, 0.1) is 0 Å². The van der Waals surface area contributed by atoms with Crippen LogP contribution < -0.4 is 0 Å². The van der Waals surface area contributed by atoms with Crippen LogP contribution in [0.3, 0.4) is 0 Å². The maximum atomic E-state index is 16.4. The van der Waals surface area contributed by atoms with Gasteiger partial charge in [0.2, 0.25) is 0 Å². The highest BCUT2D eigenvalue weighted by atomic mass is 19.1. The van der Waals surface area contributed by atoms with Crippen LogP contribution in [0.1, 0.15) is 17.3 Å². The van der Waals surface area contributed by atoms with Crippen LogP contribution in [-0.4, -0.2) is 19.1 Å². The van der Waals surface area contributed by atoms with E-state index in [-0.39, 0.29) is 0 Å². The third-order valence-corrected chi connectivity index (χ3v) is 8.67. The number of imidazole rings is 1. The Balaban J connectivity index is 1.17. The van der Waals surface area contributed by atoms with Gasteiger partial charge in [-0.15, -0.1) is 0 Å². The smallest absolute Gasteiger partial charge is 0.150 e. The second kappa shape index (κ2) is 9.38. The van der Waals surface area contributed by atoms with Crippen molar-refractivity contribution in [3.8, 4) is 17.1 Å². The van der Waals surface area contributed by atoms with E-state index in [9.17, 15) is 0 Å². The molecule has 0 saturated heterocycles.